The minimum absolute atomic E-state index is 0.0538. The highest BCUT2D eigenvalue weighted by Crippen LogP contribution is 2.29. The van der Waals surface area contributed by atoms with Crippen LogP contribution < -0.4 is 15.1 Å². The first-order valence-corrected chi connectivity index (χ1v) is 11.1. The smallest absolute Gasteiger partial charge is 0.276 e. The van der Waals surface area contributed by atoms with Gasteiger partial charge in [-0.15, -0.1) is 0 Å². The highest BCUT2D eigenvalue weighted by molar-refractivity contribution is 6.34. The van der Waals surface area contributed by atoms with E-state index in [0.717, 1.165) is 38.0 Å². The number of carbonyl (C=O) groups is 2. The molecule has 1 N–H and O–H groups in total. The monoisotopic (exact) mass is 447 g/mol. The van der Waals surface area contributed by atoms with Crippen molar-refractivity contribution in [3.05, 3.63) is 76.6 Å². The molecule has 0 spiro atoms. The van der Waals surface area contributed by atoms with E-state index in [4.69, 9.17) is 11.6 Å². The van der Waals surface area contributed by atoms with Crippen LogP contribution in [-0.4, -0.2) is 41.4 Å². The van der Waals surface area contributed by atoms with E-state index in [1.54, 1.807) is 29.2 Å². The molecule has 2 aromatic carbocycles. The van der Waals surface area contributed by atoms with Crippen molar-refractivity contribution in [1.82, 2.24) is 9.97 Å². The van der Waals surface area contributed by atoms with Crippen LogP contribution >= 0.6 is 11.6 Å². The zero-order valence-corrected chi connectivity index (χ0v) is 18.2. The summed E-state index contributed by atoms with van der Waals surface area (Å²) in [6, 6.07) is 14.8. The molecular formula is C24H22ClN5O2. The molecule has 162 valence electrons. The number of amides is 2. The topological polar surface area (TPSA) is 78.4 Å². The van der Waals surface area contributed by atoms with Gasteiger partial charge in [-0.2, -0.15) is 0 Å². The fraction of sp³-hybridized carbons (Fsp3) is 0.250. The first-order chi connectivity index (χ1) is 15.6. The Morgan fingerprint density at radius 1 is 0.969 bits per heavy atom. The lowest BCUT2D eigenvalue weighted by Crippen LogP contribution is -2.28. The van der Waals surface area contributed by atoms with Crippen molar-refractivity contribution in [2.75, 3.05) is 34.8 Å². The van der Waals surface area contributed by atoms with Crippen LogP contribution in [0, 0.1) is 0 Å². The van der Waals surface area contributed by atoms with Gasteiger partial charge in [-0.25, -0.2) is 9.97 Å². The molecule has 2 aliphatic heterocycles. The van der Waals surface area contributed by atoms with Gasteiger partial charge in [-0.05, 0) is 55.2 Å². The highest BCUT2D eigenvalue weighted by atomic mass is 35.5. The summed E-state index contributed by atoms with van der Waals surface area (Å²) in [6.45, 7) is 2.42. The molecule has 2 amide bonds. The summed E-state index contributed by atoms with van der Waals surface area (Å²) in [6.07, 6.45) is 4.49. The molecule has 1 aromatic heterocycles. The zero-order valence-electron chi connectivity index (χ0n) is 17.4. The molecule has 0 unspecified atom stereocenters. The average Bonchev–Trinajstić information content (AvgIpc) is 3.50. The summed E-state index contributed by atoms with van der Waals surface area (Å²) in [5, 5.41) is 3.01. The Labute approximate surface area is 191 Å². The highest BCUT2D eigenvalue weighted by Gasteiger charge is 2.25. The number of nitrogens with zero attached hydrogens (tertiary/aromatic N) is 4. The molecule has 0 aliphatic carbocycles. The molecule has 0 bridgehead atoms. The number of halogens is 1. The SMILES string of the molecule is O=C(Nc1ccc(C(=O)N2CCc3ccccc32)cc1)c1nc(N2CCCC2)ncc1Cl. The number of para-hydroxylation sites is 1. The van der Waals surface area contributed by atoms with Gasteiger partial charge in [-0.1, -0.05) is 29.8 Å². The maximum absolute atomic E-state index is 13.0. The lowest BCUT2D eigenvalue weighted by Gasteiger charge is -2.17. The molecule has 1 fully saturated rings. The number of hydrogen-bond donors (Lipinski definition) is 1. The number of aromatic nitrogens is 2. The van der Waals surface area contributed by atoms with E-state index in [2.05, 4.69) is 21.4 Å². The molecule has 0 atom stereocenters. The predicted octanol–water partition coefficient (Wildman–Crippen LogP) is 4.19. The summed E-state index contributed by atoms with van der Waals surface area (Å²) in [5.41, 5.74) is 3.40. The Kier molecular flexibility index (Phi) is 5.49. The van der Waals surface area contributed by atoms with E-state index in [0.29, 0.717) is 23.7 Å². The Hall–Kier alpha value is -3.45. The minimum atomic E-state index is -0.412. The van der Waals surface area contributed by atoms with Gasteiger partial charge >= 0.3 is 0 Å². The maximum Gasteiger partial charge on any atom is 0.276 e. The number of hydrogen-bond acceptors (Lipinski definition) is 5. The van der Waals surface area contributed by atoms with Crippen LogP contribution in [0.15, 0.2) is 54.7 Å². The lowest BCUT2D eigenvalue weighted by atomic mass is 10.1. The van der Waals surface area contributed by atoms with Gasteiger partial charge in [0.05, 0.1) is 11.2 Å². The molecule has 1 saturated heterocycles. The van der Waals surface area contributed by atoms with E-state index in [1.807, 2.05) is 23.1 Å². The first-order valence-electron chi connectivity index (χ1n) is 10.7. The van der Waals surface area contributed by atoms with Crippen molar-refractivity contribution in [2.24, 2.45) is 0 Å². The molecule has 8 heteroatoms. The van der Waals surface area contributed by atoms with Crippen molar-refractivity contribution in [3.63, 3.8) is 0 Å². The van der Waals surface area contributed by atoms with Crippen molar-refractivity contribution in [3.8, 4) is 0 Å². The van der Waals surface area contributed by atoms with Gasteiger partial charge in [0.15, 0.2) is 5.69 Å². The number of carbonyl (C=O) groups excluding carboxylic acids is 2. The van der Waals surface area contributed by atoms with E-state index in [-0.39, 0.29) is 16.6 Å². The fourth-order valence-electron chi connectivity index (χ4n) is 4.18. The van der Waals surface area contributed by atoms with E-state index < -0.39 is 5.91 Å². The van der Waals surface area contributed by atoms with E-state index >= 15 is 0 Å². The van der Waals surface area contributed by atoms with Gasteiger partial charge in [0, 0.05) is 36.6 Å². The van der Waals surface area contributed by atoms with Crippen LogP contribution in [-0.2, 0) is 6.42 Å². The van der Waals surface area contributed by atoms with Gasteiger partial charge in [0.1, 0.15) is 0 Å². The van der Waals surface area contributed by atoms with E-state index in [9.17, 15) is 9.59 Å². The van der Waals surface area contributed by atoms with Crippen LogP contribution in [0.5, 0.6) is 0 Å². The van der Waals surface area contributed by atoms with Crippen molar-refractivity contribution in [2.45, 2.75) is 19.3 Å². The molecule has 3 aromatic rings. The van der Waals surface area contributed by atoms with Crippen molar-refractivity contribution >= 4 is 40.7 Å². The average molecular weight is 448 g/mol. The summed E-state index contributed by atoms with van der Waals surface area (Å²) in [4.78, 5) is 38.2. The zero-order chi connectivity index (χ0) is 22.1. The Bertz CT molecular complexity index is 1180. The molecule has 7 nitrogen and oxygen atoms in total. The second-order valence-electron chi connectivity index (χ2n) is 7.93. The number of anilines is 3. The van der Waals surface area contributed by atoms with Gasteiger partial charge in [0.25, 0.3) is 11.8 Å². The van der Waals surface area contributed by atoms with Gasteiger partial charge < -0.3 is 15.1 Å². The largest absolute Gasteiger partial charge is 0.341 e. The number of nitrogens with one attached hydrogen (secondary N) is 1. The number of rotatable bonds is 4. The quantitative estimate of drug-likeness (QED) is 0.649. The molecule has 0 saturated carbocycles. The lowest BCUT2D eigenvalue weighted by molar-refractivity contribution is 0.0988. The fourth-order valence-corrected chi connectivity index (χ4v) is 4.35. The second kappa shape index (κ2) is 8.59. The maximum atomic E-state index is 13.0. The third-order valence-corrected chi connectivity index (χ3v) is 6.13. The van der Waals surface area contributed by atoms with Crippen LogP contribution in [0.1, 0.15) is 39.3 Å². The van der Waals surface area contributed by atoms with Crippen molar-refractivity contribution < 1.29 is 9.59 Å². The number of benzene rings is 2. The summed E-state index contributed by atoms with van der Waals surface area (Å²) in [7, 11) is 0. The van der Waals surface area contributed by atoms with E-state index in [1.165, 1.54) is 11.8 Å². The molecule has 3 heterocycles. The second-order valence-corrected chi connectivity index (χ2v) is 8.33. The molecule has 2 aliphatic rings. The predicted molar refractivity (Wildman–Crippen MR) is 125 cm³/mol. The molecule has 0 radical (unpaired) electrons. The number of fused-ring (bicyclic) bond motifs is 1. The molecular weight excluding hydrogens is 426 g/mol. The third-order valence-electron chi connectivity index (χ3n) is 5.86. The van der Waals surface area contributed by atoms with Crippen LogP contribution in [0.25, 0.3) is 0 Å². The molecule has 32 heavy (non-hydrogen) atoms. The van der Waals surface area contributed by atoms with Crippen LogP contribution in [0.3, 0.4) is 0 Å². The van der Waals surface area contributed by atoms with Gasteiger partial charge in [-0.3, -0.25) is 9.59 Å². The summed E-state index contributed by atoms with van der Waals surface area (Å²) < 4.78 is 0. The first kappa shape index (κ1) is 20.5. The van der Waals surface area contributed by atoms with Crippen LogP contribution in [0.4, 0.5) is 17.3 Å². The van der Waals surface area contributed by atoms with Crippen LogP contribution in [0.2, 0.25) is 5.02 Å². The standard InChI is InChI=1S/C24H22ClN5O2/c25-19-15-26-24(29-12-3-4-13-29)28-21(19)22(31)27-18-9-7-17(8-10-18)23(32)30-14-11-16-5-1-2-6-20(16)30/h1-2,5-10,15H,3-4,11-14H2,(H,27,31). The Balaban J connectivity index is 1.29. The summed E-state index contributed by atoms with van der Waals surface area (Å²) in [5.74, 6) is 0.0520. The van der Waals surface area contributed by atoms with Crippen molar-refractivity contribution in [1.29, 1.82) is 0 Å². The Morgan fingerprint density at radius 3 is 2.50 bits per heavy atom. The normalized spacial score (nSPS) is 15.0. The third kappa shape index (κ3) is 3.91. The van der Waals surface area contributed by atoms with Gasteiger partial charge in [0.2, 0.25) is 5.95 Å². The Morgan fingerprint density at radius 2 is 1.72 bits per heavy atom. The molecule has 5 rings (SSSR count). The minimum Gasteiger partial charge on any atom is -0.341 e. The summed E-state index contributed by atoms with van der Waals surface area (Å²) >= 11 is 6.19.